The second-order valence-electron chi connectivity index (χ2n) is 4.13. The second-order valence-corrected chi connectivity index (χ2v) is 4.13. The highest BCUT2D eigenvalue weighted by Gasteiger charge is 2.29. The molecule has 0 heterocycles. The molecule has 0 amide bonds. The second kappa shape index (κ2) is 6.08. The Kier molecular flexibility index (Phi) is 5.05. The molecule has 0 aromatic heterocycles. The van der Waals surface area contributed by atoms with E-state index in [1.807, 2.05) is 20.8 Å². The van der Waals surface area contributed by atoms with E-state index in [9.17, 15) is 4.79 Å². The van der Waals surface area contributed by atoms with Gasteiger partial charge < -0.3 is 9.47 Å². The fourth-order valence-electron chi connectivity index (χ4n) is 1.25. The Morgan fingerprint density at radius 3 is 2.60 bits per heavy atom. The van der Waals surface area contributed by atoms with Crippen molar-refractivity contribution in [3.05, 3.63) is 0 Å². The summed E-state index contributed by atoms with van der Waals surface area (Å²) in [6.07, 6.45) is 2.44. The van der Waals surface area contributed by atoms with Gasteiger partial charge in [0.15, 0.2) is 0 Å². The van der Waals surface area contributed by atoms with Gasteiger partial charge in [-0.25, -0.2) is 0 Å². The van der Waals surface area contributed by atoms with Gasteiger partial charge in [-0.05, 0) is 33.6 Å². The molecule has 88 valence electrons. The zero-order chi connectivity index (χ0) is 11.3. The predicted octanol–water partition coefficient (Wildman–Crippen LogP) is 1.10. The van der Waals surface area contributed by atoms with Gasteiger partial charge in [-0.15, -0.1) is 0 Å². The molecule has 0 aliphatic heterocycles. The lowest BCUT2D eigenvalue weighted by atomic mass is 10.3. The van der Waals surface area contributed by atoms with E-state index in [4.69, 9.17) is 9.47 Å². The van der Waals surface area contributed by atoms with Crippen molar-refractivity contribution in [2.45, 2.75) is 51.8 Å². The van der Waals surface area contributed by atoms with Crippen molar-refractivity contribution < 1.29 is 14.3 Å². The molecule has 4 heteroatoms. The maximum Gasteiger partial charge on any atom is 0.325 e. The van der Waals surface area contributed by atoms with Gasteiger partial charge in [0.2, 0.25) is 0 Å². The average Bonchev–Trinajstić information content (AvgIpc) is 2.95. The van der Waals surface area contributed by atoms with Gasteiger partial charge in [0.25, 0.3) is 0 Å². The SMILES string of the molecule is CCOC(=O)C(COC(C)C)NC1CC1. The Morgan fingerprint density at radius 2 is 2.13 bits per heavy atom. The molecule has 0 bridgehead atoms. The van der Waals surface area contributed by atoms with E-state index in [1.165, 1.54) is 0 Å². The van der Waals surface area contributed by atoms with Crippen LogP contribution >= 0.6 is 0 Å². The van der Waals surface area contributed by atoms with Gasteiger partial charge in [-0.3, -0.25) is 10.1 Å². The normalized spacial score (nSPS) is 17.9. The van der Waals surface area contributed by atoms with Crippen LogP contribution in [0.4, 0.5) is 0 Å². The van der Waals surface area contributed by atoms with Crippen LogP contribution in [0, 0.1) is 0 Å². The van der Waals surface area contributed by atoms with Crippen LogP contribution in [-0.2, 0) is 14.3 Å². The van der Waals surface area contributed by atoms with Crippen LogP contribution in [0.3, 0.4) is 0 Å². The maximum atomic E-state index is 11.6. The quantitative estimate of drug-likeness (QED) is 0.646. The molecule has 4 nitrogen and oxygen atoms in total. The van der Waals surface area contributed by atoms with E-state index in [0.29, 0.717) is 19.3 Å². The summed E-state index contributed by atoms with van der Waals surface area (Å²) in [5, 5.41) is 3.23. The number of hydrogen-bond donors (Lipinski definition) is 1. The third-order valence-electron chi connectivity index (χ3n) is 2.18. The van der Waals surface area contributed by atoms with E-state index in [2.05, 4.69) is 5.32 Å². The Morgan fingerprint density at radius 1 is 1.47 bits per heavy atom. The van der Waals surface area contributed by atoms with E-state index in [-0.39, 0.29) is 18.1 Å². The van der Waals surface area contributed by atoms with Crippen molar-refractivity contribution in [3.8, 4) is 0 Å². The molecular weight excluding hydrogens is 194 g/mol. The number of nitrogens with one attached hydrogen (secondary N) is 1. The highest BCUT2D eigenvalue weighted by Crippen LogP contribution is 2.19. The molecule has 1 rings (SSSR count). The molecule has 1 saturated carbocycles. The summed E-state index contributed by atoms with van der Waals surface area (Å²) >= 11 is 0. The summed E-state index contributed by atoms with van der Waals surface area (Å²) in [4.78, 5) is 11.6. The van der Waals surface area contributed by atoms with Crippen molar-refractivity contribution in [2.24, 2.45) is 0 Å². The molecule has 1 aliphatic carbocycles. The number of rotatable bonds is 7. The van der Waals surface area contributed by atoms with Crippen molar-refractivity contribution in [3.63, 3.8) is 0 Å². The first-order valence-electron chi connectivity index (χ1n) is 5.67. The zero-order valence-electron chi connectivity index (χ0n) is 9.79. The highest BCUT2D eigenvalue weighted by atomic mass is 16.5. The summed E-state index contributed by atoms with van der Waals surface area (Å²) in [6.45, 7) is 6.55. The largest absolute Gasteiger partial charge is 0.465 e. The fourth-order valence-corrected chi connectivity index (χ4v) is 1.25. The van der Waals surface area contributed by atoms with Crippen LogP contribution in [0.1, 0.15) is 33.6 Å². The molecule has 1 N–H and O–H groups in total. The minimum atomic E-state index is -0.306. The van der Waals surface area contributed by atoms with Crippen molar-refractivity contribution >= 4 is 5.97 Å². The van der Waals surface area contributed by atoms with Crippen molar-refractivity contribution in [2.75, 3.05) is 13.2 Å². The van der Waals surface area contributed by atoms with E-state index < -0.39 is 0 Å². The first kappa shape index (κ1) is 12.5. The molecule has 1 atom stereocenters. The standard InChI is InChI=1S/C11H21NO3/c1-4-14-11(13)10(7-15-8(2)3)12-9-5-6-9/h8-10,12H,4-7H2,1-3H3. The first-order valence-corrected chi connectivity index (χ1v) is 5.67. The Hall–Kier alpha value is -0.610. The lowest BCUT2D eigenvalue weighted by Crippen LogP contribution is -2.43. The molecule has 0 saturated heterocycles. The van der Waals surface area contributed by atoms with Crippen LogP contribution in [0.15, 0.2) is 0 Å². The van der Waals surface area contributed by atoms with Crippen LogP contribution in [0.25, 0.3) is 0 Å². The van der Waals surface area contributed by atoms with E-state index >= 15 is 0 Å². The third kappa shape index (κ3) is 5.14. The summed E-state index contributed by atoms with van der Waals surface area (Å²) in [7, 11) is 0. The Bertz CT molecular complexity index is 202. The van der Waals surface area contributed by atoms with Crippen molar-refractivity contribution in [1.29, 1.82) is 0 Å². The van der Waals surface area contributed by atoms with E-state index in [0.717, 1.165) is 12.8 Å². The van der Waals surface area contributed by atoms with E-state index in [1.54, 1.807) is 0 Å². The topological polar surface area (TPSA) is 47.6 Å². The number of ether oxygens (including phenoxy) is 2. The van der Waals surface area contributed by atoms with Crippen LogP contribution < -0.4 is 5.32 Å². The molecule has 0 aromatic rings. The summed E-state index contributed by atoms with van der Waals surface area (Å²) in [5.41, 5.74) is 0. The lowest BCUT2D eigenvalue weighted by molar-refractivity contribution is -0.147. The van der Waals surface area contributed by atoms with Gasteiger partial charge in [-0.1, -0.05) is 0 Å². The summed E-state index contributed by atoms with van der Waals surface area (Å²) in [6, 6.07) is 0.176. The summed E-state index contributed by atoms with van der Waals surface area (Å²) < 4.78 is 10.4. The average molecular weight is 215 g/mol. The molecular formula is C11H21NO3. The minimum Gasteiger partial charge on any atom is -0.465 e. The maximum absolute atomic E-state index is 11.6. The smallest absolute Gasteiger partial charge is 0.325 e. The number of carbonyl (C=O) groups excluding carboxylic acids is 1. The molecule has 1 unspecified atom stereocenters. The molecule has 0 radical (unpaired) electrons. The van der Waals surface area contributed by atoms with Gasteiger partial charge in [-0.2, -0.15) is 0 Å². The van der Waals surface area contributed by atoms with Gasteiger partial charge in [0, 0.05) is 6.04 Å². The van der Waals surface area contributed by atoms with Crippen LogP contribution in [-0.4, -0.2) is 37.4 Å². The minimum absolute atomic E-state index is 0.142. The lowest BCUT2D eigenvalue weighted by Gasteiger charge is -2.18. The van der Waals surface area contributed by atoms with Crippen LogP contribution in [0.2, 0.25) is 0 Å². The first-order chi connectivity index (χ1) is 7.13. The molecule has 15 heavy (non-hydrogen) atoms. The third-order valence-corrected chi connectivity index (χ3v) is 2.18. The fraction of sp³-hybridized carbons (Fsp3) is 0.909. The number of carbonyl (C=O) groups is 1. The molecule has 0 spiro atoms. The van der Waals surface area contributed by atoms with Gasteiger partial charge >= 0.3 is 5.97 Å². The number of hydrogen-bond acceptors (Lipinski definition) is 4. The summed E-state index contributed by atoms with van der Waals surface area (Å²) in [5.74, 6) is -0.204. The van der Waals surface area contributed by atoms with Gasteiger partial charge in [0.05, 0.1) is 19.3 Å². The molecule has 0 aromatic carbocycles. The Labute approximate surface area is 91.3 Å². The highest BCUT2D eigenvalue weighted by molar-refractivity contribution is 5.76. The molecule has 1 aliphatic rings. The zero-order valence-corrected chi connectivity index (χ0v) is 9.79. The molecule has 1 fully saturated rings. The Balaban J connectivity index is 2.32. The monoisotopic (exact) mass is 215 g/mol. The van der Waals surface area contributed by atoms with Crippen molar-refractivity contribution in [1.82, 2.24) is 5.32 Å². The predicted molar refractivity (Wildman–Crippen MR) is 57.7 cm³/mol. The van der Waals surface area contributed by atoms with Gasteiger partial charge in [0.1, 0.15) is 6.04 Å². The number of esters is 1. The van der Waals surface area contributed by atoms with Crippen LogP contribution in [0.5, 0.6) is 0 Å².